The molecule has 1 heterocycles. The predicted molar refractivity (Wildman–Crippen MR) is 59.4 cm³/mol. The molecule has 0 amide bonds. The van der Waals surface area contributed by atoms with E-state index in [9.17, 15) is 0 Å². The van der Waals surface area contributed by atoms with Crippen LogP contribution in [0.25, 0.3) is 0 Å². The standard InChI is InChI=1S/C11H24N2O/c1-11(2,3)13-8-10(9-13)12(4)6-5-7-14/h10,14H,5-9H2,1-4H3. The summed E-state index contributed by atoms with van der Waals surface area (Å²) in [5.41, 5.74) is 0.314. The van der Waals surface area contributed by atoms with E-state index in [0.29, 0.717) is 18.2 Å². The normalized spacial score (nSPS) is 20.1. The maximum atomic E-state index is 8.73. The van der Waals surface area contributed by atoms with Crippen LogP contribution in [-0.4, -0.2) is 59.8 Å². The van der Waals surface area contributed by atoms with Crippen LogP contribution in [0.1, 0.15) is 27.2 Å². The second kappa shape index (κ2) is 4.60. The Hall–Kier alpha value is -0.120. The number of likely N-dealkylation sites (tertiary alicyclic amines) is 1. The van der Waals surface area contributed by atoms with Crippen molar-refractivity contribution in [3.8, 4) is 0 Å². The van der Waals surface area contributed by atoms with Gasteiger partial charge in [0, 0.05) is 37.8 Å². The number of aliphatic hydroxyl groups excluding tert-OH is 1. The third-order valence-electron chi connectivity index (χ3n) is 3.10. The Morgan fingerprint density at radius 3 is 2.36 bits per heavy atom. The quantitative estimate of drug-likeness (QED) is 0.726. The third kappa shape index (κ3) is 2.94. The molecule has 0 aromatic heterocycles. The molecule has 3 nitrogen and oxygen atoms in total. The van der Waals surface area contributed by atoms with Crippen LogP contribution in [0, 0.1) is 0 Å². The first-order valence-electron chi connectivity index (χ1n) is 5.51. The first-order chi connectivity index (χ1) is 6.45. The van der Waals surface area contributed by atoms with Crippen LogP contribution in [0.4, 0.5) is 0 Å². The Morgan fingerprint density at radius 1 is 1.36 bits per heavy atom. The van der Waals surface area contributed by atoms with Crippen LogP contribution in [0.3, 0.4) is 0 Å². The third-order valence-corrected chi connectivity index (χ3v) is 3.10. The zero-order valence-corrected chi connectivity index (χ0v) is 9.95. The van der Waals surface area contributed by atoms with Gasteiger partial charge in [0.25, 0.3) is 0 Å². The summed E-state index contributed by atoms with van der Waals surface area (Å²) in [4.78, 5) is 4.85. The number of nitrogens with zero attached hydrogens (tertiary/aromatic N) is 2. The number of rotatable bonds is 4. The fourth-order valence-electron chi connectivity index (χ4n) is 1.78. The Labute approximate surface area is 87.7 Å². The SMILES string of the molecule is CN(CCCO)C1CN(C(C)(C)C)C1. The summed E-state index contributed by atoms with van der Waals surface area (Å²) in [7, 11) is 2.15. The van der Waals surface area contributed by atoms with Gasteiger partial charge in [-0.2, -0.15) is 0 Å². The molecule has 14 heavy (non-hydrogen) atoms. The molecule has 1 saturated heterocycles. The van der Waals surface area contributed by atoms with E-state index in [1.807, 2.05) is 0 Å². The van der Waals surface area contributed by atoms with Crippen LogP contribution < -0.4 is 0 Å². The first-order valence-corrected chi connectivity index (χ1v) is 5.51. The van der Waals surface area contributed by atoms with Crippen molar-refractivity contribution in [2.45, 2.75) is 38.8 Å². The van der Waals surface area contributed by atoms with Crippen molar-refractivity contribution in [1.82, 2.24) is 9.80 Å². The fourth-order valence-corrected chi connectivity index (χ4v) is 1.78. The molecule has 0 bridgehead atoms. The first kappa shape index (κ1) is 12.0. The minimum Gasteiger partial charge on any atom is -0.396 e. The summed E-state index contributed by atoms with van der Waals surface area (Å²) >= 11 is 0. The smallest absolute Gasteiger partial charge is 0.0443 e. The van der Waals surface area contributed by atoms with Crippen LogP contribution in [-0.2, 0) is 0 Å². The zero-order valence-electron chi connectivity index (χ0n) is 9.95. The molecule has 84 valence electrons. The van der Waals surface area contributed by atoms with E-state index in [4.69, 9.17) is 5.11 Å². The summed E-state index contributed by atoms with van der Waals surface area (Å²) in [6.45, 7) is 10.4. The van der Waals surface area contributed by atoms with Gasteiger partial charge in [0.2, 0.25) is 0 Å². The van der Waals surface area contributed by atoms with Crippen LogP contribution in [0.5, 0.6) is 0 Å². The highest BCUT2D eigenvalue weighted by Gasteiger charge is 2.35. The molecule has 0 aromatic carbocycles. The molecule has 0 saturated carbocycles. The molecule has 0 spiro atoms. The highest BCUT2D eigenvalue weighted by molar-refractivity contribution is 4.93. The Bertz CT molecular complexity index is 171. The number of hydrogen-bond donors (Lipinski definition) is 1. The molecule has 0 radical (unpaired) electrons. The van der Waals surface area contributed by atoms with Crippen molar-refractivity contribution in [2.24, 2.45) is 0 Å². The highest BCUT2D eigenvalue weighted by atomic mass is 16.3. The summed E-state index contributed by atoms with van der Waals surface area (Å²) in [6.07, 6.45) is 0.891. The fraction of sp³-hybridized carbons (Fsp3) is 1.00. The van der Waals surface area contributed by atoms with E-state index in [1.165, 1.54) is 13.1 Å². The van der Waals surface area contributed by atoms with Crippen molar-refractivity contribution >= 4 is 0 Å². The second-order valence-electron chi connectivity index (χ2n) is 5.29. The molecule has 0 unspecified atom stereocenters. The number of aliphatic hydroxyl groups is 1. The molecule has 1 aliphatic heterocycles. The Kier molecular flexibility index (Phi) is 3.93. The average molecular weight is 200 g/mol. The lowest BCUT2D eigenvalue weighted by molar-refractivity contribution is -0.0139. The van der Waals surface area contributed by atoms with Crippen molar-refractivity contribution in [3.05, 3.63) is 0 Å². The van der Waals surface area contributed by atoms with Crippen molar-refractivity contribution in [1.29, 1.82) is 0 Å². The number of hydrogen-bond acceptors (Lipinski definition) is 3. The van der Waals surface area contributed by atoms with Gasteiger partial charge >= 0.3 is 0 Å². The van der Waals surface area contributed by atoms with Gasteiger partial charge in [-0.1, -0.05) is 0 Å². The predicted octanol–water partition coefficient (Wildman–Crippen LogP) is 0.783. The molecular formula is C11H24N2O. The number of likely N-dealkylation sites (N-methyl/N-ethyl adjacent to an activating group) is 1. The lowest BCUT2D eigenvalue weighted by Gasteiger charge is -2.50. The molecule has 1 rings (SSSR count). The second-order valence-corrected chi connectivity index (χ2v) is 5.29. The van der Waals surface area contributed by atoms with Gasteiger partial charge in [-0.25, -0.2) is 0 Å². The van der Waals surface area contributed by atoms with Gasteiger partial charge in [-0.15, -0.1) is 0 Å². The zero-order chi connectivity index (χ0) is 10.8. The minimum absolute atomic E-state index is 0.306. The van der Waals surface area contributed by atoms with Gasteiger partial charge in [-0.3, -0.25) is 4.90 Å². The van der Waals surface area contributed by atoms with E-state index in [0.717, 1.165) is 13.0 Å². The van der Waals surface area contributed by atoms with Crippen LogP contribution in [0.15, 0.2) is 0 Å². The maximum absolute atomic E-state index is 8.73. The molecule has 0 aromatic rings. The summed E-state index contributed by atoms with van der Waals surface area (Å²) in [6, 6.07) is 0.695. The van der Waals surface area contributed by atoms with E-state index in [1.54, 1.807) is 0 Å². The van der Waals surface area contributed by atoms with Crippen molar-refractivity contribution in [2.75, 3.05) is 33.3 Å². The molecule has 1 aliphatic rings. The lowest BCUT2D eigenvalue weighted by Crippen LogP contribution is -2.63. The largest absolute Gasteiger partial charge is 0.396 e. The van der Waals surface area contributed by atoms with Crippen molar-refractivity contribution in [3.63, 3.8) is 0 Å². The Balaban J connectivity index is 2.20. The summed E-state index contributed by atoms with van der Waals surface area (Å²) in [5, 5.41) is 8.73. The van der Waals surface area contributed by atoms with Crippen LogP contribution in [0.2, 0.25) is 0 Å². The van der Waals surface area contributed by atoms with Gasteiger partial charge in [0.05, 0.1) is 0 Å². The molecule has 3 heteroatoms. The van der Waals surface area contributed by atoms with E-state index >= 15 is 0 Å². The van der Waals surface area contributed by atoms with E-state index in [2.05, 4.69) is 37.6 Å². The molecular weight excluding hydrogens is 176 g/mol. The molecule has 0 atom stereocenters. The van der Waals surface area contributed by atoms with Crippen LogP contribution >= 0.6 is 0 Å². The van der Waals surface area contributed by atoms with Gasteiger partial charge in [0.15, 0.2) is 0 Å². The average Bonchev–Trinajstić information content (AvgIpc) is 1.94. The topological polar surface area (TPSA) is 26.7 Å². The summed E-state index contributed by atoms with van der Waals surface area (Å²) in [5.74, 6) is 0. The van der Waals surface area contributed by atoms with Gasteiger partial charge in [-0.05, 0) is 34.2 Å². The lowest BCUT2D eigenvalue weighted by atomic mass is 9.97. The van der Waals surface area contributed by atoms with Gasteiger partial charge < -0.3 is 10.0 Å². The molecule has 1 fully saturated rings. The summed E-state index contributed by atoms with van der Waals surface area (Å²) < 4.78 is 0. The maximum Gasteiger partial charge on any atom is 0.0443 e. The van der Waals surface area contributed by atoms with Gasteiger partial charge in [0.1, 0.15) is 0 Å². The van der Waals surface area contributed by atoms with E-state index < -0.39 is 0 Å². The van der Waals surface area contributed by atoms with Crippen molar-refractivity contribution < 1.29 is 5.11 Å². The Morgan fingerprint density at radius 2 is 1.93 bits per heavy atom. The molecule has 0 aliphatic carbocycles. The van der Waals surface area contributed by atoms with E-state index in [-0.39, 0.29) is 0 Å². The monoisotopic (exact) mass is 200 g/mol. The minimum atomic E-state index is 0.306. The molecule has 1 N–H and O–H groups in total. The highest BCUT2D eigenvalue weighted by Crippen LogP contribution is 2.23.